The largest absolute Gasteiger partial charge is 0.454 e. The van der Waals surface area contributed by atoms with Gasteiger partial charge in [-0.05, 0) is 43.2 Å². The van der Waals surface area contributed by atoms with Crippen LogP contribution in [0.1, 0.15) is 33.2 Å². The fraction of sp³-hybridized carbons (Fsp3) is 0.227. The van der Waals surface area contributed by atoms with E-state index in [1.54, 1.807) is 43.3 Å². The Labute approximate surface area is 178 Å². The molecule has 1 aliphatic rings. The molecule has 31 heavy (non-hydrogen) atoms. The van der Waals surface area contributed by atoms with Crippen LogP contribution >= 0.6 is 0 Å². The van der Waals surface area contributed by atoms with Gasteiger partial charge < -0.3 is 9.72 Å². The van der Waals surface area contributed by atoms with Crippen LogP contribution in [0.5, 0.6) is 0 Å². The van der Waals surface area contributed by atoms with Gasteiger partial charge in [0.05, 0.1) is 17.0 Å². The number of aromatic amines is 1. The molecule has 0 atom stereocenters. The zero-order valence-corrected chi connectivity index (χ0v) is 17.6. The first kappa shape index (κ1) is 20.8. The number of rotatable bonds is 6. The first-order valence-electron chi connectivity index (χ1n) is 9.76. The van der Waals surface area contributed by atoms with Gasteiger partial charge in [-0.25, -0.2) is 13.2 Å². The van der Waals surface area contributed by atoms with Crippen LogP contribution in [-0.4, -0.2) is 44.1 Å². The molecule has 2 aromatic carbocycles. The van der Waals surface area contributed by atoms with Crippen molar-refractivity contribution in [3.05, 3.63) is 75.6 Å². The first-order valence-corrected chi connectivity index (χ1v) is 11.4. The highest BCUT2D eigenvalue weighted by Crippen LogP contribution is 2.31. The number of pyridine rings is 1. The number of hydrogen-bond acceptors (Lipinski definition) is 6. The monoisotopic (exact) mass is 440 g/mol. The molecule has 0 fully saturated rings. The predicted molar refractivity (Wildman–Crippen MR) is 116 cm³/mol. The molecule has 0 spiro atoms. The van der Waals surface area contributed by atoms with Gasteiger partial charge in [0, 0.05) is 29.1 Å². The van der Waals surface area contributed by atoms with Crippen molar-refractivity contribution in [3.63, 3.8) is 0 Å². The van der Waals surface area contributed by atoms with Gasteiger partial charge in [-0.2, -0.15) is 0 Å². The maximum Gasteiger partial charge on any atom is 0.339 e. The first-order chi connectivity index (χ1) is 14.8. The summed E-state index contributed by atoms with van der Waals surface area (Å²) in [6.45, 7) is 1.44. The van der Waals surface area contributed by atoms with Crippen molar-refractivity contribution >= 4 is 38.4 Å². The molecule has 8 nitrogen and oxygen atoms in total. The predicted octanol–water partition coefficient (Wildman–Crippen LogP) is 2.28. The number of fused-ring (bicyclic) bond motifs is 2. The number of nitrogens with zero attached hydrogens (tertiary/aromatic N) is 1. The van der Waals surface area contributed by atoms with Crippen molar-refractivity contribution in [1.82, 2.24) is 4.98 Å². The fourth-order valence-electron chi connectivity index (χ4n) is 3.66. The van der Waals surface area contributed by atoms with Crippen LogP contribution in [0.2, 0.25) is 0 Å². The molecular formula is C22H20N2O6S. The zero-order valence-electron chi connectivity index (χ0n) is 16.8. The molecule has 0 aliphatic carbocycles. The molecule has 3 aromatic rings. The minimum absolute atomic E-state index is 0.0000755. The molecule has 1 aromatic heterocycles. The number of sulfonamides is 1. The standard InChI is InChI=1S/C22H20N2O6S/c1-2-31(28,29)24-10-9-14-11-15(7-8-19(14)24)20(25)13-30-22(27)17-12-21(26)23-18-6-4-3-5-16(17)18/h3-8,11-12H,2,9-10,13H2,1H3,(H,23,26). The van der Waals surface area contributed by atoms with Gasteiger partial charge in [0.15, 0.2) is 12.4 Å². The van der Waals surface area contributed by atoms with E-state index in [1.165, 1.54) is 10.4 Å². The van der Waals surface area contributed by atoms with Crippen molar-refractivity contribution < 1.29 is 22.7 Å². The van der Waals surface area contributed by atoms with Crippen LogP contribution < -0.4 is 9.86 Å². The smallest absolute Gasteiger partial charge is 0.339 e. The Morgan fingerprint density at radius 2 is 1.90 bits per heavy atom. The van der Waals surface area contributed by atoms with Gasteiger partial charge in [0.1, 0.15) is 0 Å². The summed E-state index contributed by atoms with van der Waals surface area (Å²) in [6, 6.07) is 12.7. The fourth-order valence-corrected chi connectivity index (χ4v) is 4.81. The third-order valence-corrected chi connectivity index (χ3v) is 7.04. The lowest BCUT2D eigenvalue weighted by molar-refractivity contribution is 0.0476. The highest BCUT2D eigenvalue weighted by molar-refractivity contribution is 7.92. The Morgan fingerprint density at radius 1 is 1.13 bits per heavy atom. The Kier molecular flexibility index (Phi) is 5.36. The average molecular weight is 440 g/mol. The van der Waals surface area contributed by atoms with Crippen molar-refractivity contribution in [2.75, 3.05) is 23.2 Å². The Balaban J connectivity index is 1.50. The molecule has 1 aliphatic heterocycles. The Hall–Kier alpha value is -3.46. The summed E-state index contributed by atoms with van der Waals surface area (Å²) in [4.78, 5) is 39.5. The molecule has 9 heteroatoms. The van der Waals surface area contributed by atoms with Crippen LogP contribution in [0.15, 0.2) is 53.3 Å². The number of esters is 1. The minimum Gasteiger partial charge on any atom is -0.454 e. The average Bonchev–Trinajstić information content (AvgIpc) is 3.20. The molecule has 0 saturated heterocycles. The second kappa shape index (κ2) is 7.99. The van der Waals surface area contributed by atoms with E-state index in [-0.39, 0.29) is 11.3 Å². The number of carbonyl (C=O) groups is 2. The Bertz CT molecular complexity index is 1360. The van der Waals surface area contributed by atoms with E-state index in [1.807, 2.05) is 0 Å². The highest BCUT2D eigenvalue weighted by Gasteiger charge is 2.28. The van der Waals surface area contributed by atoms with E-state index < -0.39 is 33.9 Å². The topological polar surface area (TPSA) is 114 Å². The van der Waals surface area contributed by atoms with E-state index in [9.17, 15) is 22.8 Å². The lowest BCUT2D eigenvalue weighted by Crippen LogP contribution is -2.30. The number of benzene rings is 2. The van der Waals surface area contributed by atoms with Gasteiger partial charge in [0.25, 0.3) is 0 Å². The number of anilines is 1. The lowest BCUT2D eigenvalue weighted by atomic mass is 10.1. The number of H-pyrrole nitrogens is 1. The van der Waals surface area contributed by atoms with Gasteiger partial charge in [-0.1, -0.05) is 18.2 Å². The van der Waals surface area contributed by atoms with Crippen molar-refractivity contribution in [3.8, 4) is 0 Å². The van der Waals surface area contributed by atoms with Crippen molar-refractivity contribution in [2.24, 2.45) is 0 Å². The van der Waals surface area contributed by atoms with E-state index >= 15 is 0 Å². The van der Waals surface area contributed by atoms with E-state index in [2.05, 4.69) is 4.98 Å². The number of ketones is 1. The normalized spacial score (nSPS) is 13.3. The Morgan fingerprint density at radius 3 is 2.68 bits per heavy atom. The summed E-state index contributed by atoms with van der Waals surface area (Å²) >= 11 is 0. The SMILES string of the molecule is CCS(=O)(=O)N1CCc2cc(C(=O)COC(=O)c3cc(=O)[nH]c4ccccc34)ccc21. The molecular weight excluding hydrogens is 420 g/mol. The van der Waals surface area contributed by atoms with E-state index in [0.717, 1.165) is 11.6 Å². The van der Waals surface area contributed by atoms with E-state index in [0.29, 0.717) is 35.1 Å². The molecule has 0 saturated carbocycles. The summed E-state index contributed by atoms with van der Waals surface area (Å²) < 4.78 is 30.9. The summed E-state index contributed by atoms with van der Waals surface area (Å²) in [5.74, 6) is -1.18. The van der Waals surface area contributed by atoms with Crippen molar-refractivity contribution in [2.45, 2.75) is 13.3 Å². The number of para-hydroxylation sites is 1. The third kappa shape index (κ3) is 3.96. The van der Waals surface area contributed by atoms with Crippen LogP contribution in [0.4, 0.5) is 5.69 Å². The van der Waals surface area contributed by atoms with Gasteiger partial charge in [0.2, 0.25) is 15.6 Å². The lowest BCUT2D eigenvalue weighted by Gasteiger charge is -2.18. The molecule has 4 rings (SSSR count). The number of nitrogens with one attached hydrogen (secondary N) is 1. The van der Waals surface area contributed by atoms with Gasteiger partial charge in [-0.3, -0.25) is 13.9 Å². The number of Topliss-reactive ketones (excluding diaryl/α,β-unsaturated/α-hetero) is 1. The second-order valence-electron chi connectivity index (χ2n) is 7.16. The molecule has 0 amide bonds. The maximum absolute atomic E-state index is 12.6. The number of aromatic nitrogens is 1. The van der Waals surface area contributed by atoms with E-state index in [4.69, 9.17) is 4.74 Å². The minimum atomic E-state index is -3.37. The van der Waals surface area contributed by atoms with Crippen LogP contribution in [0, 0.1) is 0 Å². The summed E-state index contributed by atoms with van der Waals surface area (Å²) in [6.07, 6.45) is 0.508. The number of hydrogen-bond donors (Lipinski definition) is 1. The molecule has 1 N–H and O–H groups in total. The number of carbonyl (C=O) groups excluding carboxylic acids is 2. The maximum atomic E-state index is 12.6. The van der Waals surface area contributed by atoms with Gasteiger partial charge >= 0.3 is 5.97 Å². The van der Waals surface area contributed by atoms with Crippen LogP contribution in [0.25, 0.3) is 10.9 Å². The quantitative estimate of drug-likeness (QED) is 0.465. The second-order valence-corrected chi connectivity index (χ2v) is 9.34. The third-order valence-electron chi connectivity index (χ3n) is 5.26. The molecule has 160 valence electrons. The highest BCUT2D eigenvalue weighted by atomic mass is 32.2. The number of ether oxygens (including phenoxy) is 1. The van der Waals surface area contributed by atoms with Crippen molar-refractivity contribution in [1.29, 1.82) is 0 Å². The summed E-state index contributed by atoms with van der Waals surface area (Å²) in [5.41, 5.74) is 1.81. The molecule has 2 heterocycles. The van der Waals surface area contributed by atoms with Crippen LogP contribution in [-0.2, 0) is 21.2 Å². The molecule has 0 bridgehead atoms. The summed E-state index contributed by atoms with van der Waals surface area (Å²) in [7, 11) is -3.37. The van der Waals surface area contributed by atoms with Crippen LogP contribution in [0.3, 0.4) is 0 Å². The van der Waals surface area contributed by atoms with Gasteiger partial charge in [-0.15, -0.1) is 0 Å². The zero-order chi connectivity index (χ0) is 22.2. The summed E-state index contributed by atoms with van der Waals surface area (Å²) in [5, 5.41) is 0.523. The molecule has 0 unspecified atom stereocenters. The molecule has 0 radical (unpaired) electrons.